The van der Waals surface area contributed by atoms with Crippen LogP contribution < -0.4 is 10.6 Å². The molecule has 0 aliphatic carbocycles. The summed E-state index contributed by atoms with van der Waals surface area (Å²) in [5, 5.41) is 15.4. The number of hydrogen-bond donors (Lipinski definition) is 2. The Balaban J connectivity index is 0.00000192. The fourth-order valence-corrected chi connectivity index (χ4v) is 2.62. The Bertz CT molecular complexity index is 630. The van der Waals surface area contributed by atoms with Crippen LogP contribution in [0.15, 0.2) is 18.5 Å². The van der Waals surface area contributed by atoms with Gasteiger partial charge in [-0.05, 0) is 19.0 Å². The molecule has 0 aromatic carbocycles. The zero-order valence-corrected chi connectivity index (χ0v) is 14.2. The van der Waals surface area contributed by atoms with E-state index in [1.807, 2.05) is 10.7 Å². The van der Waals surface area contributed by atoms with E-state index in [0.717, 1.165) is 31.7 Å². The minimum atomic E-state index is -0.0204. The molecule has 9 heteroatoms. The second kappa shape index (κ2) is 8.33. The molecule has 0 fully saturated rings. The Labute approximate surface area is 145 Å². The van der Waals surface area contributed by atoms with Crippen LogP contribution in [0.1, 0.15) is 24.2 Å². The third-order valence-electron chi connectivity index (χ3n) is 3.58. The van der Waals surface area contributed by atoms with Crippen molar-refractivity contribution in [2.45, 2.75) is 39.0 Å². The molecule has 1 amide bonds. The van der Waals surface area contributed by atoms with Gasteiger partial charge in [0.05, 0.1) is 29.2 Å². The first-order valence-electron chi connectivity index (χ1n) is 7.42. The minimum Gasteiger partial charge on any atom is -0.350 e. The first-order valence-corrected chi connectivity index (χ1v) is 7.79. The van der Waals surface area contributed by atoms with Crippen LogP contribution >= 0.6 is 24.0 Å². The topological polar surface area (TPSA) is 76.8 Å². The number of nitrogens with one attached hydrogen (secondary N) is 2. The maximum atomic E-state index is 11.9. The lowest BCUT2D eigenvalue weighted by Gasteiger charge is -2.04. The molecule has 1 aliphatic rings. The van der Waals surface area contributed by atoms with Crippen molar-refractivity contribution in [1.82, 2.24) is 30.2 Å². The number of rotatable bonds is 5. The predicted molar refractivity (Wildman–Crippen MR) is 89.5 cm³/mol. The van der Waals surface area contributed by atoms with E-state index < -0.39 is 0 Å². The summed E-state index contributed by atoms with van der Waals surface area (Å²) in [5.74, 6) is -0.0204. The maximum absolute atomic E-state index is 11.9. The molecule has 7 nitrogen and oxygen atoms in total. The summed E-state index contributed by atoms with van der Waals surface area (Å²) in [6.45, 7) is 3.76. The highest BCUT2D eigenvalue weighted by Crippen LogP contribution is 2.08. The molecule has 0 bridgehead atoms. The maximum Gasteiger partial charge on any atom is 0.222 e. The fraction of sp³-hybridized carbons (Fsp3) is 0.500. The first kappa shape index (κ1) is 17.8. The molecule has 2 aromatic rings. The summed E-state index contributed by atoms with van der Waals surface area (Å²) in [6.07, 6.45) is 4.71. The molecule has 0 unspecified atom stereocenters. The van der Waals surface area contributed by atoms with Crippen molar-refractivity contribution in [2.24, 2.45) is 0 Å². The molecule has 1 aliphatic heterocycles. The Hall–Kier alpha value is -1.57. The normalized spacial score (nSPS) is 13.8. The lowest BCUT2D eigenvalue weighted by molar-refractivity contribution is -0.121. The zero-order chi connectivity index (χ0) is 15.4. The number of carbonyl (C=O) groups is 1. The second-order valence-corrected chi connectivity index (χ2v) is 5.77. The van der Waals surface area contributed by atoms with Crippen LogP contribution in [-0.2, 0) is 31.0 Å². The summed E-state index contributed by atoms with van der Waals surface area (Å²) in [7, 11) is 0. The van der Waals surface area contributed by atoms with Crippen molar-refractivity contribution >= 4 is 29.9 Å². The highest BCUT2D eigenvalue weighted by molar-refractivity contribution is 6.30. The van der Waals surface area contributed by atoms with Gasteiger partial charge in [0, 0.05) is 32.3 Å². The van der Waals surface area contributed by atoms with Gasteiger partial charge in [-0.15, -0.1) is 12.4 Å². The molecule has 2 aromatic heterocycles. The van der Waals surface area contributed by atoms with Crippen molar-refractivity contribution in [3.8, 4) is 0 Å². The van der Waals surface area contributed by atoms with E-state index in [1.165, 1.54) is 5.69 Å². The van der Waals surface area contributed by atoms with E-state index in [1.54, 1.807) is 17.1 Å². The number of aryl methyl sites for hydroxylation is 2. The van der Waals surface area contributed by atoms with Crippen molar-refractivity contribution in [3.05, 3.63) is 34.9 Å². The monoisotopic (exact) mass is 358 g/mol. The summed E-state index contributed by atoms with van der Waals surface area (Å²) in [5.41, 5.74) is 2.07. The van der Waals surface area contributed by atoms with E-state index in [9.17, 15) is 4.79 Å². The van der Waals surface area contributed by atoms with Gasteiger partial charge in [0.2, 0.25) is 5.91 Å². The van der Waals surface area contributed by atoms with Gasteiger partial charge in [0.15, 0.2) is 0 Å². The summed E-state index contributed by atoms with van der Waals surface area (Å²) >= 11 is 5.78. The van der Waals surface area contributed by atoms with Crippen LogP contribution in [0.2, 0.25) is 5.02 Å². The van der Waals surface area contributed by atoms with Crippen LogP contribution in [0.3, 0.4) is 0 Å². The number of fused-ring (bicyclic) bond motifs is 1. The smallest absolute Gasteiger partial charge is 0.222 e. The molecule has 2 N–H and O–H groups in total. The molecular formula is C14H20Cl2N6O. The number of halogens is 2. The van der Waals surface area contributed by atoms with Gasteiger partial charge < -0.3 is 10.6 Å². The lowest BCUT2D eigenvalue weighted by atomic mass is 10.3. The van der Waals surface area contributed by atoms with Crippen molar-refractivity contribution in [3.63, 3.8) is 0 Å². The number of hydrogen-bond acceptors (Lipinski definition) is 4. The first-order chi connectivity index (χ1) is 10.7. The van der Waals surface area contributed by atoms with Gasteiger partial charge in [-0.2, -0.15) is 10.2 Å². The Morgan fingerprint density at radius 3 is 3.13 bits per heavy atom. The minimum absolute atomic E-state index is 0. The Kier molecular flexibility index (Phi) is 6.44. The van der Waals surface area contributed by atoms with Gasteiger partial charge in [0.25, 0.3) is 0 Å². The third kappa shape index (κ3) is 4.95. The Morgan fingerprint density at radius 2 is 2.35 bits per heavy atom. The van der Waals surface area contributed by atoms with E-state index in [-0.39, 0.29) is 18.3 Å². The third-order valence-corrected chi connectivity index (χ3v) is 3.78. The second-order valence-electron chi connectivity index (χ2n) is 5.33. The summed E-state index contributed by atoms with van der Waals surface area (Å²) in [6, 6.07) is 2.05. The quantitative estimate of drug-likeness (QED) is 0.845. The van der Waals surface area contributed by atoms with Crippen LogP contribution in [0.4, 0.5) is 0 Å². The summed E-state index contributed by atoms with van der Waals surface area (Å²) < 4.78 is 3.68. The highest BCUT2D eigenvalue weighted by atomic mass is 35.5. The SMILES string of the molecule is Cl.O=C(CCn1cc(Cl)cn1)NCc1cc2n(n1)CCCNC2. The van der Waals surface area contributed by atoms with E-state index >= 15 is 0 Å². The van der Waals surface area contributed by atoms with Crippen LogP contribution in [0, 0.1) is 0 Å². The molecule has 0 atom stereocenters. The number of carbonyl (C=O) groups excluding carboxylic acids is 1. The highest BCUT2D eigenvalue weighted by Gasteiger charge is 2.11. The largest absolute Gasteiger partial charge is 0.350 e. The molecule has 0 spiro atoms. The van der Waals surface area contributed by atoms with Crippen molar-refractivity contribution < 1.29 is 4.79 Å². The fourth-order valence-electron chi connectivity index (χ4n) is 2.46. The average molecular weight is 359 g/mol. The van der Waals surface area contributed by atoms with Gasteiger partial charge in [0.1, 0.15) is 0 Å². The predicted octanol–water partition coefficient (Wildman–Crippen LogP) is 1.35. The van der Waals surface area contributed by atoms with Crippen molar-refractivity contribution in [1.29, 1.82) is 0 Å². The van der Waals surface area contributed by atoms with Gasteiger partial charge in [-0.1, -0.05) is 11.6 Å². The molecule has 126 valence electrons. The number of amides is 1. The zero-order valence-electron chi connectivity index (χ0n) is 12.7. The molecule has 0 saturated carbocycles. The van der Waals surface area contributed by atoms with E-state index in [0.29, 0.717) is 24.5 Å². The van der Waals surface area contributed by atoms with Crippen molar-refractivity contribution in [2.75, 3.05) is 6.54 Å². The average Bonchev–Trinajstić information content (AvgIpc) is 3.03. The van der Waals surface area contributed by atoms with Gasteiger partial charge in [-0.25, -0.2) is 0 Å². The molecule has 3 rings (SSSR count). The van der Waals surface area contributed by atoms with E-state index in [2.05, 4.69) is 20.8 Å². The van der Waals surface area contributed by atoms with Gasteiger partial charge in [-0.3, -0.25) is 14.2 Å². The molecular weight excluding hydrogens is 339 g/mol. The molecule has 0 saturated heterocycles. The standard InChI is InChI=1S/C14H19ClN6O.ClH/c15-11-7-18-20(10-11)5-2-14(22)17-8-12-6-13-9-16-3-1-4-21(13)19-12;/h6-7,10,16H,1-5,8-9H2,(H,17,22);1H. The molecule has 0 radical (unpaired) electrons. The Morgan fingerprint density at radius 1 is 1.48 bits per heavy atom. The number of nitrogens with zero attached hydrogens (tertiary/aromatic N) is 4. The lowest BCUT2D eigenvalue weighted by Crippen LogP contribution is -2.24. The number of aromatic nitrogens is 4. The molecule has 23 heavy (non-hydrogen) atoms. The summed E-state index contributed by atoms with van der Waals surface area (Å²) in [4.78, 5) is 11.9. The van der Waals surface area contributed by atoms with Gasteiger partial charge >= 0.3 is 0 Å². The van der Waals surface area contributed by atoms with E-state index in [4.69, 9.17) is 11.6 Å². The molecule has 3 heterocycles. The van der Waals surface area contributed by atoms with Crippen LogP contribution in [0.5, 0.6) is 0 Å². The van der Waals surface area contributed by atoms with Crippen LogP contribution in [0.25, 0.3) is 0 Å². The van der Waals surface area contributed by atoms with Crippen LogP contribution in [-0.4, -0.2) is 32.0 Å².